The van der Waals surface area contributed by atoms with Crippen LogP contribution in [0.4, 0.5) is 21.0 Å². The van der Waals surface area contributed by atoms with Gasteiger partial charge in [0.25, 0.3) is 0 Å². The number of rotatable bonds is 4. The number of nitrogens with one attached hydrogen (secondary N) is 1. The van der Waals surface area contributed by atoms with E-state index in [1.807, 2.05) is 18.9 Å². The highest BCUT2D eigenvalue weighted by atomic mass is 16.6. The molecule has 2 N–H and O–H groups in total. The molecule has 0 bridgehead atoms. The van der Waals surface area contributed by atoms with Gasteiger partial charge in [-0.3, -0.25) is 4.90 Å². The molecule has 0 aromatic heterocycles. The van der Waals surface area contributed by atoms with E-state index in [0.29, 0.717) is 25.3 Å². The van der Waals surface area contributed by atoms with Crippen LogP contribution in [0.25, 0.3) is 0 Å². The second kappa shape index (κ2) is 9.03. The van der Waals surface area contributed by atoms with Crippen LogP contribution in [0.2, 0.25) is 0 Å². The maximum absolute atomic E-state index is 13.0. The minimum absolute atomic E-state index is 0.0203. The molecule has 1 heterocycles. The number of phenolic OH excluding ortho intramolecular Hbond substituents is 1. The van der Waals surface area contributed by atoms with Crippen molar-refractivity contribution in [2.24, 2.45) is 0 Å². The summed E-state index contributed by atoms with van der Waals surface area (Å²) in [7, 11) is 1.89. The number of carbonyl (C=O) groups is 2. The van der Waals surface area contributed by atoms with Gasteiger partial charge < -0.3 is 24.8 Å². The van der Waals surface area contributed by atoms with Crippen LogP contribution in [0.1, 0.15) is 47.0 Å². The van der Waals surface area contributed by atoms with Crippen LogP contribution >= 0.6 is 0 Å². The molecule has 156 valence electrons. The summed E-state index contributed by atoms with van der Waals surface area (Å²) in [5, 5.41) is 12.8. The fraction of sp³-hybridized carbons (Fsp3) is 0.600. The molecule has 1 aromatic carbocycles. The number of fused-ring (bicyclic) bond motifs is 1. The van der Waals surface area contributed by atoms with Crippen molar-refractivity contribution in [2.45, 2.75) is 58.7 Å². The predicted octanol–water partition coefficient (Wildman–Crippen LogP) is 3.83. The number of hydrogen-bond donors (Lipinski definition) is 2. The fourth-order valence-electron chi connectivity index (χ4n) is 2.92. The highest BCUT2D eigenvalue weighted by molar-refractivity contribution is 5.94. The van der Waals surface area contributed by atoms with E-state index in [2.05, 4.69) is 5.32 Å². The third-order valence-electron chi connectivity index (χ3n) is 4.29. The molecule has 1 atom stereocenters. The molecule has 0 radical (unpaired) electrons. The molecule has 0 fully saturated rings. The Hall–Kier alpha value is -2.64. The summed E-state index contributed by atoms with van der Waals surface area (Å²) in [5.74, 6) is 0.0203. The summed E-state index contributed by atoms with van der Waals surface area (Å²) >= 11 is 0. The lowest BCUT2D eigenvalue weighted by molar-refractivity contribution is 0.0557. The number of nitrogens with zero attached hydrogens (tertiary/aromatic N) is 2. The molecule has 1 aliphatic rings. The summed E-state index contributed by atoms with van der Waals surface area (Å²) in [6.07, 6.45) is 0.292. The van der Waals surface area contributed by atoms with Gasteiger partial charge in [-0.25, -0.2) is 9.59 Å². The molecule has 2 amide bonds. The van der Waals surface area contributed by atoms with Gasteiger partial charge in [0.05, 0.1) is 18.0 Å². The Kier molecular flexibility index (Phi) is 6.99. The second-order valence-corrected chi connectivity index (χ2v) is 7.88. The lowest BCUT2D eigenvalue weighted by Gasteiger charge is -2.33. The van der Waals surface area contributed by atoms with Crippen molar-refractivity contribution in [1.82, 2.24) is 5.32 Å². The summed E-state index contributed by atoms with van der Waals surface area (Å²) in [4.78, 5) is 28.6. The zero-order chi connectivity index (χ0) is 20.9. The summed E-state index contributed by atoms with van der Waals surface area (Å²) in [5.41, 5.74) is 0.513. The zero-order valence-electron chi connectivity index (χ0n) is 17.3. The van der Waals surface area contributed by atoms with Crippen LogP contribution in [0.3, 0.4) is 0 Å². The van der Waals surface area contributed by atoms with Gasteiger partial charge in [0.2, 0.25) is 0 Å². The molecule has 2 rings (SSSR count). The monoisotopic (exact) mass is 393 g/mol. The number of phenols is 1. The van der Waals surface area contributed by atoms with Crippen molar-refractivity contribution >= 4 is 23.6 Å². The van der Waals surface area contributed by atoms with Crippen molar-refractivity contribution in [3.8, 4) is 5.75 Å². The first kappa shape index (κ1) is 21.7. The average molecular weight is 393 g/mol. The first-order valence-corrected chi connectivity index (χ1v) is 9.62. The van der Waals surface area contributed by atoms with Crippen molar-refractivity contribution < 1.29 is 24.2 Å². The quantitative estimate of drug-likeness (QED) is 0.756. The normalized spacial score (nSPS) is 16.8. The largest absolute Gasteiger partial charge is 0.508 e. The molecule has 8 nitrogen and oxygen atoms in total. The number of hydrogen-bond acceptors (Lipinski definition) is 6. The standard InChI is InChI=1S/C20H31N3O5/c1-6-7-12-27-18(25)21-17-10-11-22(5)15-9-8-14(24)13-16(15)23(17)19(26)28-20(2,3)4/h8-9,13,17,24H,6-7,10-12H2,1-5H3,(H,21,25). The topological polar surface area (TPSA) is 91.3 Å². The van der Waals surface area contributed by atoms with Gasteiger partial charge in [-0.05, 0) is 39.3 Å². The number of amides is 2. The van der Waals surface area contributed by atoms with E-state index in [4.69, 9.17) is 9.47 Å². The average Bonchev–Trinajstić information content (AvgIpc) is 2.70. The number of aromatic hydroxyl groups is 1. The summed E-state index contributed by atoms with van der Waals surface area (Å²) in [6, 6.07) is 4.80. The highest BCUT2D eigenvalue weighted by Gasteiger charge is 2.35. The van der Waals surface area contributed by atoms with E-state index in [1.54, 1.807) is 32.9 Å². The molecule has 1 aromatic rings. The molecule has 0 saturated heterocycles. The number of ether oxygens (including phenoxy) is 2. The van der Waals surface area contributed by atoms with E-state index in [-0.39, 0.29) is 5.75 Å². The third kappa shape index (κ3) is 5.68. The molecule has 1 unspecified atom stereocenters. The number of carbonyl (C=O) groups excluding carboxylic acids is 2. The van der Waals surface area contributed by atoms with Gasteiger partial charge >= 0.3 is 12.2 Å². The molecule has 28 heavy (non-hydrogen) atoms. The summed E-state index contributed by atoms with van der Waals surface area (Å²) in [6.45, 7) is 8.25. The Morgan fingerprint density at radius 1 is 1.29 bits per heavy atom. The molecule has 8 heteroatoms. The smallest absolute Gasteiger partial charge is 0.416 e. The minimum Gasteiger partial charge on any atom is -0.508 e. The van der Waals surface area contributed by atoms with Crippen molar-refractivity contribution in [2.75, 3.05) is 30.0 Å². The predicted molar refractivity (Wildman–Crippen MR) is 108 cm³/mol. The third-order valence-corrected chi connectivity index (χ3v) is 4.29. The first-order chi connectivity index (χ1) is 13.1. The van der Waals surface area contributed by atoms with Gasteiger partial charge in [-0.1, -0.05) is 13.3 Å². The Morgan fingerprint density at radius 3 is 2.64 bits per heavy atom. The summed E-state index contributed by atoms with van der Waals surface area (Å²) < 4.78 is 10.8. The van der Waals surface area contributed by atoms with E-state index < -0.39 is 24.0 Å². The maximum atomic E-state index is 13.0. The van der Waals surface area contributed by atoms with Crippen LogP contribution in [-0.4, -0.2) is 49.3 Å². The number of unbranched alkanes of at least 4 members (excludes halogenated alkanes) is 1. The zero-order valence-corrected chi connectivity index (χ0v) is 17.3. The minimum atomic E-state index is -0.710. The Balaban J connectivity index is 2.36. The van der Waals surface area contributed by atoms with Crippen molar-refractivity contribution in [3.05, 3.63) is 18.2 Å². The van der Waals surface area contributed by atoms with Crippen molar-refractivity contribution in [3.63, 3.8) is 0 Å². The van der Waals surface area contributed by atoms with Crippen LogP contribution in [0, 0.1) is 0 Å². The van der Waals surface area contributed by atoms with Crippen LogP contribution < -0.4 is 15.1 Å². The lowest BCUT2D eigenvalue weighted by Crippen LogP contribution is -2.52. The van der Waals surface area contributed by atoms with E-state index in [9.17, 15) is 14.7 Å². The SMILES string of the molecule is CCCCOC(=O)NC1CCN(C)c2ccc(O)cc2N1C(=O)OC(C)(C)C. The maximum Gasteiger partial charge on any atom is 0.416 e. The van der Waals surface area contributed by atoms with Crippen LogP contribution in [0.15, 0.2) is 18.2 Å². The second-order valence-electron chi connectivity index (χ2n) is 7.88. The van der Waals surface area contributed by atoms with Gasteiger partial charge in [0, 0.05) is 26.1 Å². The molecule has 0 aliphatic carbocycles. The number of alkyl carbamates (subject to hydrolysis) is 1. The first-order valence-electron chi connectivity index (χ1n) is 9.62. The van der Waals surface area contributed by atoms with Crippen LogP contribution in [0.5, 0.6) is 5.75 Å². The number of benzene rings is 1. The fourth-order valence-corrected chi connectivity index (χ4v) is 2.92. The Morgan fingerprint density at radius 2 is 2.00 bits per heavy atom. The van der Waals surface area contributed by atoms with Gasteiger partial charge in [-0.2, -0.15) is 0 Å². The molecule has 0 spiro atoms. The van der Waals surface area contributed by atoms with Crippen molar-refractivity contribution in [1.29, 1.82) is 0 Å². The van der Waals surface area contributed by atoms with Crippen LogP contribution in [-0.2, 0) is 9.47 Å². The van der Waals surface area contributed by atoms with E-state index >= 15 is 0 Å². The number of anilines is 2. The Labute approximate surface area is 166 Å². The van der Waals surface area contributed by atoms with E-state index in [0.717, 1.165) is 18.5 Å². The molecular weight excluding hydrogens is 362 g/mol. The lowest BCUT2D eigenvalue weighted by atomic mass is 10.2. The molecular formula is C20H31N3O5. The van der Waals surface area contributed by atoms with E-state index in [1.165, 1.54) is 11.0 Å². The molecule has 0 saturated carbocycles. The van der Waals surface area contributed by atoms with Gasteiger partial charge in [-0.15, -0.1) is 0 Å². The molecule has 1 aliphatic heterocycles. The Bertz CT molecular complexity index is 702. The highest BCUT2D eigenvalue weighted by Crippen LogP contribution is 2.37. The van der Waals surface area contributed by atoms with Gasteiger partial charge in [0.15, 0.2) is 0 Å². The van der Waals surface area contributed by atoms with Gasteiger partial charge in [0.1, 0.15) is 17.5 Å².